The number of ether oxygens (including phenoxy) is 1. The first-order chi connectivity index (χ1) is 11.0. The van der Waals surface area contributed by atoms with Crippen LogP contribution in [0.5, 0.6) is 0 Å². The van der Waals surface area contributed by atoms with Crippen molar-refractivity contribution in [2.45, 2.75) is 29.9 Å². The van der Waals surface area contributed by atoms with E-state index in [1.165, 1.54) is 0 Å². The molecule has 7 heteroatoms. The van der Waals surface area contributed by atoms with E-state index in [0.29, 0.717) is 24.3 Å². The highest BCUT2D eigenvalue weighted by molar-refractivity contribution is 7.89. The predicted octanol–water partition coefficient (Wildman–Crippen LogP) is 1.44. The average molecular weight is 335 g/mol. The fourth-order valence-electron chi connectivity index (χ4n) is 3.15. The Bertz CT molecular complexity index is 758. The van der Waals surface area contributed by atoms with E-state index < -0.39 is 10.0 Å². The molecule has 1 saturated heterocycles. The summed E-state index contributed by atoms with van der Waals surface area (Å²) in [7, 11) is -0.0280. The van der Waals surface area contributed by atoms with Gasteiger partial charge in [0.05, 0.1) is 23.2 Å². The van der Waals surface area contributed by atoms with Crippen molar-refractivity contribution in [2.24, 2.45) is 7.05 Å². The lowest BCUT2D eigenvalue weighted by Crippen LogP contribution is -2.41. The van der Waals surface area contributed by atoms with Gasteiger partial charge in [-0.1, -0.05) is 18.2 Å². The molecule has 1 aliphatic heterocycles. The van der Waals surface area contributed by atoms with E-state index in [0.717, 1.165) is 5.56 Å². The van der Waals surface area contributed by atoms with Crippen molar-refractivity contribution in [2.75, 3.05) is 13.7 Å². The molecule has 0 saturated carbocycles. The molecule has 0 unspecified atom stereocenters. The molecule has 0 bridgehead atoms. The van der Waals surface area contributed by atoms with Gasteiger partial charge in [-0.25, -0.2) is 8.42 Å². The van der Waals surface area contributed by atoms with E-state index in [9.17, 15) is 8.42 Å². The van der Waals surface area contributed by atoms with Gasteiger partial charge in [0, 0.05) is 26.9 Å². The van der Waals surface area contributed by atoms with Crippen LogP contribution in [-0.4, -0.2) is 48.3 Å². The minimum absolute atomic E-state index is 0.103. The molecule has 0 amide bonds. The summed E-state index contributed by atoms with van der Waals surface area (Å²) >= 11 is 0. The quantitative estimate of drug-likeness (QED) is 0.829. The molecule has 0 N–H and O–H groups in total. The standard InChI is InChI=1S/C16H21N3O3S/c1-18-12-13(11-17-18)10-15-16(22-2)8-9-19(15)23(20,21)14-6-4-3-5-7-14/h3-7,11-12,15-16H,8-10H2,1-2H3/t15-,16-/m0/s1. The fraction of sp³-hybridized carbons (Fsp3) is 0.438. The SMILES string of the molecule is CO[C@H]1CCN(S(=O)(=O)c2ccccc2)[C@H]1Cc1cnn(C)c1. The Kier molecular flexibility index (Phi) is 4.52. The molecule has 1 aromatic carbocycles. The molecule has 6 nitrogen and oxygen atoms in total. The molecule has 124 valence electrons. The second-order valence-electron chi connectivity index (χ2n) is 5.79. The number of hydrogen-bond acceptors (Lipinski definition) is 4. The molecule has 0 spiro atoms. The van der Waals surface area contributed by atoms with Crippen LogP contribution in [0.3, 0.4) is 0 Å². The summed E-state index contributed by atoms with van der Waals surface area (Å²) in [5.41, 5.74) is 1.01. The lowest BCUT2D eigenvalue weighted by molar-refractivity contribution is 0.0810. The molecule has 23 heavy (non-hydrogen) atoms. The first-order valence-electron chi connectivity index (χ1n) is 7.59. The number of aryl methyl sites for hydroxylation is 1. The highest BCUT2D eigenvalue weighted by atomic mass is 32.2. The Morgan fingerprint density at radius 3 is 2.65 bits per heavy atom. The lowest BCUT2D eigenvalue weighted by Gasteiger charge is -2.26. The number of hydrogen-bond donors (Lipinski definition) is 0. The van der Waals surface area contributed by atoms with Crippen molar-refractivity contribution in [3.63, 3.8) is 0 Å². The van der Waals surface area contributed by atoms with E-state index >= 15 is 0 Å². The van der Waals surface area contributed by atoms with Crippen molar-refractivity contribution in [3.8, 4) is 0 Å². The van der Waals surface area contributed by atoms with Gasteiger partial charge in [-0.2, -0.15) is 9.40 Å². The van der Waals surface area contributed by atoms with Crippen molar-refractivity contribution in [1.82, 2.24) is 14.1 Å². The molecule has 3 rings (SSSR count). The van der Waals surface area contributed by atoms with E-state index in [2.05, 4.69) is 5.10 Å². The molecule has 2 aromatic rings. The summed E-state index contributed by atoms with van der Waals surface area (Å²) in [4.78, 5) is 0.327. The topological polar surface area (TPSA) is 64.4 Å². The highest BCUT2D eigenvalue weighted by Crippen LogP contribution is 2.29. The Balaban J connectivity index is 1.90. The molecule has 0 radical (unpaired) electrons. The van der Waals surface area contributed by atoms with Crippen LogP contribution in [0, 0.1) is 0 Å². The maximum atomic E-state index is 13.0. The van der Waals surface area contributed by atoms with Gasteiger partial charge >= 0.3 is 0 Å². The molecule has 0 aliphatic carbocycles. The zero-order valence-corrected chi connectivity index (χ0v) is 14.1. The van der Waals surface area contributed by atoms with Gasteiger partial charge in [0.15, 0.2) is 0 Å². The molecule has 1 aromatic heterocycles. The number of rotatable bonds is 5. The zero-order valence-electron chi connectivity index (χ0n) is 13.3. The third-order valence-corrected chi connectivity index (χ3v) is 6.23. The van der Waals surface area contributed by atoms with Crippen molar-refractivity contribution in [3.05, 3.63) is 48.3 Å². The van der Waals surface area contributed by atoms with Crippen LogP contribution in [0.2, 0.25) is 0 Å². The maximum Gasteiger partial charge on any atom is 0.243 e. The summed E-state index contributed by atoms with van der Waals surface area (Å²) < 4.78 is 34.7. The lowest BCUT2D eigenvalue weighted by atomic mass is 10.1. The number of methoxy groups -OCH3 is 1. The molecule has 2 atom stereocenters. The summed E-state index contributed by atoms with van der Waals surface area (Å²) in [5, 5.41) is 4.16. The van der Waals surface area contributed by atoms with E-state index in [-0.39, 0.29) is 12.1 Å². The van der Waals surface area contributed by atoms with Crippen LogP contribution >= 0.6 is 0 Å². The van der Waals surface area contributed by atoms with Gasteiger partial charge in [0.1, 0.15) is 0 Å². The van der Waals surface area contributed by atoms with Crippen LogP contribution in [0.25, 0.3) is 0 Å². The molecule has 1 fully saturated rings. The molecule has 1 aliphatic rings. The van der Waals surface area contributed by atoms with Crippen molar-refractivity contribution in [1.29, 1.82) is 0 Å². The third-order valence-electron chi connectivity index (χ3n) is 4.29. The number of aromatic nitrogens is 2. The Hall–Kier alpha value is -1.70. The second-order valence-corrected chi connectivity index (χ2v) is 7.68. The van der Waals surface area contributed by atoms with Crippen molar-refractivity contribution < 1.29 is 13.2 Å². The normalized spacial score (nSPS) is 22.5. The van der Waals surface area contributed by atoms with Gasteiger partial charge in [0.25, 0.3) is 0 Å². The van der Waals surface area contributed by atoms with Gasteiger partial charge in [-0.15, -0.1) is 0 Å². The van der Waals surface area contributed by atoms with Crippen LogP contribution in [0.15, 0.2) is 47.6 Å². The predicted molar refractivity (Wildman–Crippen MR) is 86.4 cm³/mol. The number of sulfonamides is 1. The molecule has 2 heterocycles. The van der Waals surface area contributed by atoms with E-state index in [1.54, 1.807) is 46.6 Å². The van der Waals surface area contributed by atoms with Crippen molar-refractivity contribution >= 4 is 10.0 Å². The summed E-state index contributed by atoms with van der Waals surface area (Å²) in [5.74, 6) is 0. The van der Waals surface area contributed by atoms with Gasteiger partial charge in [0.2, 0.25) is 10.0 Å². The number of nitrogens with zero attached hydrogens (tertiary/aromatic N) is 3. The maximum absolute atomic E-state index is 13.0. The van der Waals surface area contributed by atoms with Crippen LogP contribution in [0.1, 0.15) is 12.0 Å². The second kappa shape index (κ2) is 6.43. The van der Waals surface area contributed by atoms with Crippen LogP contribution in [0.4, 0.5) is 0 Å². The van der Waals surface area contributed by atoms with Gasteiger partial charge < -0.3 is 4.74 Å². The Morgan fingerprint density at radius 2 is 2.04 bits per heavy atom. The summed E-state index contributed by atoms with van der Waals surface area (Å²) in [6.45, 7) is 0.473. The highest BCUT2D eigenvalue weighted by Gasteiger charge is 2.41. The first-order valence-corrected chi connectivity index (χ1v) is 9.03. The smallest absolute Gasteiger partial charge is 0.243 e. The fourth-order valence-corrected chi connectivity index (χ4v) is 4.84. The largest absolute Gasteiger partial charge is 0.380 e. The van der Waals surface area contributed by atoms with Crippen LogP contribution in [-0.2, 0) is 28.2 Å². The Morgan fingerprint density at radius 1 is 1.30 bits per heavy atom. The molecular formula is C16H21N3O3S. The zero-order chi connectivity index (χ0) is 16.4. The minimum atomic E-state index is -3.52. The summed E-state index contributed by atoms with van der Waals surface area (Å²) in [6, 6.07) is 8.36. The van der Waals surface area contributed by atoms with Crippen LogP contribution < -0.4 is 0 Å². The first kappa shape index (κ1) is 16.2. The Labute approximate surface area is 136 Å². The van der Waals surface area contributed by atoms with Gasteiger partial charge in [-0.05, 0) is 30.5 Å². The monoisotopic (exact) mass is 335 g/mol. The summed E-state index contributed by atoms with van der Waals surface area (Å²) in [6.07, 6.45) is 4.89. The van der Waals surface area contributed by atoms with Gasteiger partial charge in [-0.3, -0.25) is 4.68 Å². The number of benzene rings is 1. The van der Waals surface area contributed by atoms with E-state index in [1.807, 2.05) is 19.3 Å². The third kappa shape index (κ3) is 3.17. The molecular weight excluding hydrogens is 314 g/mol. The van der Waals surface area contributed by atoms with E-state index in [4.69, 9.17) is 4.74 Å². The minimum Gasteiger partial charge on any atom is -0.380 e. The average Bonchev–Trinajstić information content (AvgIpc) is 3.15.